The molecule has 0 N–H and O–H groups in total. The van der Waals surface area contributed by atoms with E-state index in [-0.39, 0.29) is 12.1 Å². The monoisotopic (exact) mass is 758 g/mol. The van der Waals surface area contributed by atoms with Crippen molar-refractivity contribution in [1.82, 2.24) is 0 Å². The molecule has 0 saturated heterocycles. The van der Waals surface area contributed by atoms with Crippen molar-refractivity contribution in [2.45, 2.75) is 114 Å². The van der Waals surface area contributed by atoms with Gasteiger partial charge in [0, 0.05) is 11.1 Å². The Hall–Kier alpha value is -3.87. The van der Waals surface area contributed by atoms with E-state index in [4.69, 9.17) is 0 Å². The molecule has 0 aromatic heterocycles. The largest absolute Gasteiger partial charge is 0.673 e. The molecule has 8 saturated carbocycles. The lowest BCUT2D eigenvalue weighted by Crippen LogP contribution is -2.48. The summed E-state index contributed by atoms with van der Waals surface area (Å²) in [4.78, 5) is 2.70. The first-order valence-electron chi connectivity index (χ1n) is 21.5. The maximum atomic E-state index is 9.75. The molecule has 4 aromatic carbocycles. The number of anilines is 1. The molecule has 56 heavy (non-hydrogen) atoms. The molecule has 2 atom stereocenters. The van der Waals surface area contributed by atoms with Crippen molar-refractivity contribution in [2.24, 2.45) is 35.5 Å². The third kappa shape index (κ3) is 6.53. The van der Waals surface area contributed by atoms with Crippen LogP contribution in [0.3, 0.4) is 0 Å². The van der Waals surface area contributed by atoms with Crippen LogP contribution in [0.15, 0.2) is 97.1 Å². The van der Waals surface area contributed by atoms with Gasteiger partial charge in [0.1, 0.15) is 11.4 Å². The van der Waals surface area contributed by atoms with Crippen molar-refractivity contribution in [2.75, 3.05) is 4.90 Å². The Labute approximate surface area is 330 Å². The summed E-state index contributed by atoms with van der Waals surface area (Å²) in [5.41, 5.74) is 12.3. The van der Waals surface area contributed by atoms with Crippen LogP contribution in [0.4, 0.5) is 28.6 Å². The number of rotatable bonds is 6. The van der Waals surface area contributed by atoms with Gasteiger partial charge in [-0.1, -0.05) is 84.9 Å². The van der Waals surface area contributed by atoms with Crippen molar-refractivity contribution in [3.8, 4) is 0 Å². The van der Waals surface area contributed by atoms with E-state index < -0.39 is 7.25 Å². The zero-order valence-corrected chi connectivity index (χ0v) is 32.9. The predicted molar refractivity (Wildman–Crippen MR) is 219 cm³/mol. The molecule has 7 heteroatoms. The summed E-state index contributed by atoms with van der Waals surface area (Å²) in [6, 6.07) is 38.5. The molecule has 1 aliphatic heterocycles. The Bertz CT molecular complexity index is 2050. The molecule has 0 unspecified atom stereocenters. The van der Waals surface area contributed by atoms with Crippen LogP contribution in [-0.2, 0) is 10.8 Å². The van der Waals surface area contributed by atoms with Gasteiger partial charge in [0.25, 0.3) is 0 Å². The van der Waals surface area contributed by atoms with Gasteiger partial charge in [0.15, 0.2) is 12.1 Å². The molecule has 1 heterocycles. The van der Waals surface area contributed by atoms with E-state index in [1.807, 2.05) is 0 Å². The third-order valence-corrected chi connectivity index (χ3v) is 15.7. The van der Waals surface area contributed by atoms with Gasteiger partial charge in [-0.25, -0.2) is 9.48 Å². The van der Waals surface area contributed by atoms with Gasteiger partial charge in [0.2, 0.25) is 6.34 Å². The van der Waals surface area contributed by atoms with Crippen LogP contribution in [0.2, 0.25) is 0 Å². The lowest BCUT2D eigenvalue weighted by atomic mass is 9.48. The van der Waals surface area contributed by atoms with Crippen LogP contribution in [0.25, 0.3) is 0 Å². The summed E-state index contributed by atoms with van der Waals surface area (Å²) < 4.78 is 41.7. The maximum absolute atomic E-state index is 9.75. The highest BCUT2D eigenvalue weighted by Crippen LogP contribution is 2.63. The smallest absolute Gasteiger partial charge is 0.418 e. The number of hydrogen-bond acceptors (Lipinski definition) is 1. The van der Waals surface area contributed by atoms with E-state index in [0.29, 0.717) is 10.8 Å². The van der Waals surface area contributed by atoms with Gasteiger partial charge in [-0.3, -0.25) is 0 Å². The Balaban J connectivity index is 0.000000726. The number of benzene rings is 4. The van der Waals surface area contributed by atoms with E-state index >= 15 is 0 Å². The fourth-order valence-electron chi connectivity index (χ4n) is 14.4. The normalized spacial score (nSPS) is 35.0. The Kier molecular flexibility index (Phi) is 8.87. The second-order valence-electron chi connectivity index (χ2n) is 19.5. The Morgan fingerprint density at radius 1 is 0.536 bits per heavy atom. The highest BCUT2D eigenvalue weighted by molar-refractivity contribution is 6.50. The SMILES string of the molecule is Cc1ccc(C23CC4CC(CC(C4)C2)C3)cc1N1C=[N+](c2cc(C34CC5CC(CC(C5)C3)C4)ccc2C)[C@H](c2ccccc2)[C@H]1c1ccccc1.F[B-](F)(F)F. The van der Waals surface area contributed by atoms with Crippen molar-refractivity contribution in [3.63, 3.8) is 0 Å². The molecule has 8 aliphatic carbocycles. The molecular weight excluding hydrogens is 703 g/mol. The maximum Gasteiger partial charge on any atom is 0.673 e. The first-order chi connectivity index (χ1) is 26.9. The van der Waals surface area contributed by atoms with Gasteiger partial charge >= 0.3 is 7.25 Å². The quantitative estimate of drug-likeness (QED) is 0.108. The minimum Gasteiger partial charge on any atom is -0.418 e. The van der Waals surface area contributed by atoms with Gasteiger partial charge in [0.05, 0.1) is 0 Å². The highest BCUT2D eigenvalue weighted by Gasteiger charge is 2.54. The lowest BCUT2D eigenvalue weighted by molar-refractivity contribution is -0.481. The molecule has 4 aromatic rings. The highest BCUT2D eigenvalue weighted by atomic mass is 19.5. The summed E-state index contributed by atoms with van der Waals surface area (Å²) in [5.74, 6) is 5.66. The molecule has 8 bridgehead atoms. The van der Waals surface area contributed by atoms with E-state index in [0.717, 1.165) is 35.5 Å². The summed E-state index contributed by atoms with van der Waals surface area (Å²) in [5, 5.41) is 0. The van der Waals surface area contributed by atoms with E-state index in [1.165, 1.54) is 111 Å². The molecule has 9 aliphatic rings. The molecule has 0 amide bonds. The number of aryl methyl sites for hydroxylation is 2. The van der Waals surface area contributed by atoms with Crippen molar-refractivity contribution >= 4 is 25.0 Å². The summed E-state index contributed by atoms with van der Waals surface area (Å²) in [6.07, 6.45) is 19.9. The minimum atomic E-state index is -6.00. The van der Waals surface area contributed by atoms with Crippen molar-refractivity contribution in [1.29, 1.82) is 0 Å². The molecular formula is C49H55BF4N2. The Morgan fingerprint density at radius 2 is 0.946 bits per heavy atom. The van der Waals surface area contributed by atoms with Crippen molar-refractivity contribution < 1.29 is 21.8 Å². The number of halogens is 4. The molecule has 13 rings (SSSR count). The second kappa shape index (κ2) is 13.6. The fourth-order valence-corrected chi connectivity index (χ4v) is 14.4. The zero-order valence-electron chi connectivity index (χ0n) is 32.9. The van der Waals surface area contributed by atoms with Crippen molar-refractivity contribution in [3.05, 3.63) is 130 Å². The first kappa shape index (κ1) is 36.5. The Morgan fingerprint density at radius 3 is 1.41 bits per heavy atom. The summed E-state index contributed by atoms with van der Waals surface area (Å²) in [6.45, 7) is 4.71. The zero-order chi connectivity index (χ0) is 38.4. The van der Waals surface area contributed by atoms with E-state index in [9.17, 15) is 17.3 Å². The standard InChI is InChI=1S/C49H55N2.BF4/c1-32-13-15-42(48-25-34-17-35(26-48)19-36(18-34)27-48)23-44(32)50-31-51(47(41-11-7-4-8-12-41)46(50)40-9-5-3-6-10-40)45-24-43(16-14-33(45)2)49-28-37-20-38(29-49)22-39(21-37)30-49;2-1(3,4)5/h3-16,23-24,31,34-39,46-47H,17-22,25-30H2,1-2H3;/q+1;-1/t34?,35?,36?,37?,38?,39?,46-,47-,48?,49?;/m1./s1. The van der Waals surface area contributed by atoms with Crippen LogP contribution < -0.4 is 4.90 Å². The van der Waals surface area contributed by atoms with Crippen LogP contribution in [-0.4, -0.2) is 18.2 Å². The number of nitrogens with zero attached hydrogens (tertiary/aromatic N) is 2. The number of hydrogen-bond donors (Lipinski definition) is 0. The summed E-state index contributed by atoms with van der Waals surface area (Å²) in [7, 11) is -6.00. The van der Waals surface area contributed by atoms with Gasteiger partial charge in [-0.05, 0) is 172 Å². The van der Waals surface area contributed by atoms with Gasteiger partial charge in [-0.15, -0.1) is 0 Å². The molecule has 292 valence electrons. The van der Waals surface area contributed by atoms with Gasteiger partial charge in [-0.2, -0.15) is 0 Å². The molecule has 8 fully saturated rings. The van der Waals surface area contributed by atoms with Crippen LogP contribution in [0.1, 0.15) is 123 Å². The molecule has 0 spiro atoms. The van der Waals surface area contributed by atoms with Crippen LogP contribution in [0.5, 0.6) is 0 Å². The summed E-state index contributed by atoms with van der Waals surface area (Å²) >= 11 is 0. The lowest BCUT2D eigenvalue weighted by Gasteiger charge is -2.57. The van der Waals surface area contributed by atoms with Crippen LogP contribution >= 0.6 is 0 Å². The second-order valence-corrected chi connectivity index (χ2v) is 19.5. The predicted octanol–water partition coefficient (Wildman–Crippen LogP) is 13.2. The minimum absolute atomic E-state index is 0.154. The average molecular weight is 759 g/mol. The molecule has 0 radical (unpaired) electrons. The topological polar surface area (TPSA) is 6.25 Å². The first-order valence-corrected chi connectivity index (χ1v) is 21.5. The van der Waals surface area contributed by atoms with E-state index in [2.05, 4.69) is 127 Å². The van der Waals surface area contributed by atoms with Gasteiger partial charge < -0.3 is 17.3 Å². The average Bonchev–Trinajstić information content (AvgIpc) is 3.54. The van der Waals surface area contributed by atoms with Crippen LogP contribution in [0, 0.1) is 49.4 Å². The third-order valence-electron chi connectivity index (χ3n) is 15.7. The van der Waals surface area contributed by atoms with E-state index in [1.54, 1.807) is 11.1 Å². The molecule has 2 nitrogen and oxygen atoms in total. The fraction of sp³-hybridized carbons (Fsp3) is 0.490.